The molecular weight excluding hydrogens is 422 g/mol. The summed E-state index contributed by atoms with van der Waals surface area (Å²) in [7, 11) is 4.62. The molecule has 3 rings (SSSR count). The average Bonchev–Trinajstić information content (AvgIpc) is 2.92. The Balaban J connectivity index is 1.87. The molecule has 0 aliphatic carbocycles. The Morgan fingerprint density at radius 2 is 1.94 bits per heavy atom. The standard InChI is InChI=1S/C25H29N3O5/c1-6-9-17-13-18(14-21(32-4)24(17)33-5)25(31)27(3)15-23(30)28-16(2)12-22(29)26-19-10-7-8-11-20(19)28/h6-11,13-14,16H,12,15H2,1-5H3,(H,26,29). The zero-order valence-corrected chi connectivity index (χ0v) is 19.5. The first-order chi connectivity index (χ1) is 15.8. The van der Waals surface area contributed by atoms with Crippen LogP contribution in [0.1, 0.15) is 36.2 Å². The van der Waals surface area contributed by atoms with Gasteiger partial charge >= 0.3 is 0 Å². The number of ether oxygens (including phenoxy) is 2. The number of carbonyl (C=O) groups is 3. The lowest BCUT2D eigenvalue weighted by Crippen LogP contribution is -2.45. The first-order valence-corrected chi connectivity index (χ1v) is 10.7. The van der Waals surface area contributed by atoms with Gasteiger partial charge in [0.05, 0.1) is 25.6 Å². The Morgan fingerprint density at radius 3 is 2.61 bits per heavy atom. The van der Waals surface area contributed by atoms with Gasteiger partial charge in [-0.15, -0.1) is 0 Å². The fourth-order valence-corrected chi connectivity index (χ4v) is 3.96. The molecule has 3 amide bonds. The monoisotopic (exact) mass is 451 g/mol. The summed E-state index contributed by atoms with van der Waals surface area (Å²) in [5, 5.41) is 2.84. The average molecular weight is 452 g/mol. The van der Waals surface area contributed by atoms with Gasteiger partial charge in [0, 0.05) is 30.6 Å². The minimum absolute atomic E-state index is 0.154. The number of hydrogen-bond acceptors (Lipinski definition) is 5. The van der Waals surface area contributed by atoms with Crippen LogP contribution in [0.4, 0.5) is 11.4 Å². The molecule has 8 nitrogen and oxygen atoms in total. The lowest BCUT2D eigenvalue weighted by molar-refractivity contribution is -0.119. The van der Waals surface area contributed by atoms with Crippen molar-refractivity contribution in [2.75, 3.05) is 38.0 Å². The Hall–Kier alpha value is -3.81. The molecule has 0 saturated carbocycles. The van der Waals surface area contributed by atoms with Crippen LogP contribution in [-0.2, 0) is 9.59 Å². The van der Waals surface area contributed by atoms with Crippen LogP contribution in [0.3, 0.4) is 0 Å². The maximum Gasteiger partial charge on any atom is 0.254 e. The van der Waals surface area contributed by atoms with Crippen LogP contribution in [0.25, 0.3) is 6.08 Å². The third-order valence-corrected chi connectivity index (χ3v) is 5.45. The maximum absolute atomic E-state index is 13.3. The van der Waals surface area contributed by atoms with Gasteiger partial charge in [0.1, 0.15) is 6.54 Å². The normalized spacial score (nSPS) is 15.5. The molecule has 1 aliphatic heterocycles. The van der Waals surface area contributed by atoms with E-state index in [4.69, 9.17) is 9.47 Å². The van der Waals surface area contributed by atoms with E-state index in [2.05, 4.69) is 5.32 Å². The van der Waals surface area contributed by atoms with Crippen molar-refractivity contribution in [3.63, 3.8) is 0 Å². The van der Waals surface area contributed by atoms with Crippen LogP contribution in [0.15, 0.2) is 42.5 Å². The number of likely N-dealkylation sites (N-methyl/N-ethyl adjacent to an activating group) is 1. The number of rotatable bonds is 6. The summed E-state index contributed by atoms with van der Waals surface area (Å²) in [6.07, 6.45) is 3.83. The van der Waals surface area contributed by atoms with Crippen molar-refractivity contribution >= 4 is 35.2 Å². The summed E-state index contributed by atoms with van der Waals surface area (Å²) in [6, 6.07) is 10.1. The first kappa shape index (κ1) is 23.8. The number of nitrogens with zero attached hydrogens (tertiary/aromatic N) is 2. The molecule has 2 aromatic rings. The Morgan fingerprint density at radius 1 is 1.21 bits per heavy atom. The van der Waals surface area contributed by atoms with Crippen molar-refractivity contribution in [3.8, 4) is 11.5 Å². The van der Waals surface area contributed by atoms with Crippen LogP contribution < -0.4 is 19.7 Å². The van der Waals surface area contributed by atoms with Gasteiger partial charge in [-0.05, 0) is 38.1 Å². The van der Waals surface area contributed by atoms with Gasteiger partial charge in [-0.3, -0.25) is 14.4 Å². The Kier molecular flexibility index (Phi) is 7.37. The van der Waals surface area contributed by atoms with Crippen LogP contribution in [-0.4, -0.2) is 56.5 Å². The molecule has 2 aromatic carbocycles. The third-order valence-electron chi connectivity index (χ3n) is 5.45. The number of nitrogens with one attached hydrogen (secondary N) is 1. The first-order valence-electron chi connectivity index (χ1n) is 10.7. The fraction of sp³-hybridized carbons (Fsp3) is 0.320. The lowest BCUT2D eigenvalue weighted by atomic mass is 10.1. The van der Waals surface area contributed by atoms with Crippen molar-refractivity contribution in [2.24, 2.45) is 0 Å². The molecule has 8 heteroatoms. The highest BCUT2D eigenvalue weighted by Crippen LogP contribution is 2.34. The second kappa shape index (κ2) is 10.2. The van der Waals surface area contributed by atoms with Gasteiger partial charge in [0.25, 0.3) is 5.91 Å². The van der Waals surface area contributed by atoms with Gasteiger partial charge in [-0.25, -0.2) is 0 Å². The highest BCUT2D eigenvalue weighted by molar-refractivity contribution is 6.06. The second-order valence-corrected chi connectivity index (χ2v) is 7.84. The smallest absolute Gasteiger partial charge is 0.254 e. The molecule has 0 fully saturated rings. The number of amides is 3. The number of carbonyl (C=O) groups excluding carboxylic acids is 3. The number of hydrogen-bond donors (Lipinski definition) is 1. The molecule has 1 unspecified atom stereocenters. The topological polar surface area (TPSA) is 88.2 Å². The summed E-state index contributed by atoms with van der Waals surface area (Å²) >= 11 is 0. The molecule has 1 aliphatic rings. The largest absolute Gasteiger partial charge is 0.493 e. The zero-order chi connectivity index (χ0) is 24.1. The van der Waals surface area contributed by atoms with Gasteiger partial charge in [-0.2, -0.15) is 0 Å². The van der Waals surface area contributed by atoms with Crippen LogP contribution in [0.5, 0.6) is 11.5 Å². The minimum Gasteiger partial charge on any atom is -0.493 e. The molecule has 1 N–H and O–H groups in total. The summed E-state index contributed by atoms with van der Waals surface area (Å²) in [6.45, 7) is 3.53. The fourth-order valence-electron chi connectivity index (χ4n) is 3.96. The van der Waals surface area contributed by atoms with E-state index in [0.29, 0.717) is 34.0 Å². The van der Waals surface area contributed by atoms with Crippen molar-refractivity contribution in [1.29, 1.82) is 0 Å². The summed E-state index contributed by atoms with van der Waals surface area (Å²) in [5.41, 5.74) is 2.26. The second-order valence-electron chi connectivity index (χ2n) is 7.84. The van der Waals surface area contributed by atoms with Gasteiger partial charge < -0.3 is 24.6 Å². The van der Waals surface area contributed by atoms with Gasteiger partial charge in [-0.1, -0.05) is 24.3 Å². The number of allylic oxidation sites excluding steroid dienone is 1. The number of fused-ring (bicyclic) bond motifs is 1. The molecule has 174 valence electrons. The van der Waals surface area contributed by atoms with Crippen molar-refractivity contribution < 1.29 is 23.9 Å². The number of anilines is 2. The lowest BCUT2D eigenvalue weighted by Gasteiger charge is -2.30. The SMILES string of the molecule is CC=Cc1cc(C(=O)N(C)CC(=O)N2c3ccccc3NC(=O)CC2C)cc(OC)c1OC. The predicted molar refractivity (Wildman–Crippen MR) is 128 cm³/mol. The highest BCUT2D eigenvalue weighted by Gasteiger charge is 2.31. The summed E-state index contributed by atoms with van der Waals surface area (Å²) < 4.78 is 10.8. The van der Waals surface area contributed by atoms with E-state index < -0.39 is 0 Å². The summed E-state index contributed by atoms with van der Waals surface area (Å²) in [5.74, 6) is 0.182. The molecule has 0 bridgehead atoms. The molecule has 33 heavy (non-hydrogen) atoms. The van der Waals surface area contributed by atoms with E-state index in [1.807, 2.05) is 32.1 Å². The molecule has 0 aromatic heterocycles. The number of benzene rings is 2. The summed E-state index contributed by atoms with van der Waals surface area (Å²) in [4.78, 5) is 41.6. The highest BCUT2D eigenvalue weighted by atomic mass is 16.5. The maximum atomic E-state index is 13.3. The van der Waals surface area contributed by atoms with Crippen molar-refractivity contribution in [2.45, 2.75) is 26.3 Å². The van der Waals surface area contributed by atoms with E-state index in [9.17, 15) is 14.4 Å². The molecule has 1 atom stereocenters. The van der Waals surface area contributed by atoms with E-state index in [1.165, 1.54) is 19.1 Å². The van der Waals surface area contributed by atoms with Crippen LogP contribution in [0, 0.1) is 0 Å². The Bertz CT molecular complexity index is 1100. The van der Waals surface area contributed by atoms with Crippen LogP contribution in [0.2, 0.25) is 0 Å². The van der Waals surface area contributed by atoms with E-state index in [0.717, 1.165) is 0 Å². The van der Waals surface area contributed by atoms with E-state index >= 15 is 0 Å². The predicted octanol–water partition coefficient (Wildman–Crippen LogP) is 3.57. The van der Waals surface area contributed by atoms with Crippen molar-refractivity contribution in [1.82, 2.24) is 4.90 Å². The van der Waals surface area contributed by atoms with Crippen molar-refractivity contribution in [3.05, 3.63) is 53.6 Å². The molecule has 0 saturated heterocycles. The van der Waals surface area contributed by atoms with E-state index in [-0.39, 0.29) is 36.7 Å². The molecule has 0 radical (unpaired) electrons. The Labute approximate surface area is 193 Å². The number of para-hydroxylation sites is 2. The molecular formula is C25H29N3O5. The van der Waals surface area contributed by atoms with Gasteiger partial charge in [0.2, 0.25) is 11.8 Å². The molecule has 1 heterocycles. The number of methoxy groups -OCH3 is 2. The zero-order valence-electron chi connectivity index (χ0n) is 19.5. The van der Waals surface area contributed by atoms with Gasteiger partial charge in [0.15, 0.2) is 11.5 Å². The van der Waals surface area contributed by atoms with E-state index in [1.54, 1.807) is 42.3 Å². The molecule has 0 spiro atoms. The van der Waals surface area contributed by atoms with Crippen LogP contribution >= 0.6 is 0 Å². The quantitative estimate of drug-likeness (QED) is 0.725. The third kappa shape index (κ3) is 5.00. The minimum atomic E-state index is -0.355.